The van der Waals surface area contributed by atoms with Crippen LogP contribution in [-0.2, 0) is 0 Å². The second kappa shape index (κ2) is 6.83. The van der Waals surface area contributed by atoms with Gasteiger partial charge in [0.2, 0.25) is 6.04 Å². The Kier molecular flexibility index (Phi) is 5.42. The zero-order valence-electron chi connectivity index (χ0n) is 11.9. The number of likely N-dealkylation sites (N-methyl/N-ethyl adjacent to an activating group) is 1. The average Bonchev–Trinajstić information content (AvgIpc) is 2.40. The first-order valence-corrected chi connectivity index (χ1v) is 6.54. The van der Waals surface area contributed by atoms with Crippen molar-refractivity contribution in [2.45, 2.75) is 33.2 Å². The number of aryl methyl sites for hydroxylation is 1. The van der Waals surface area contributed by atoms with Gasteiger partial charge in [0.1, 0.15) is 5.69 Å². The van der Waals surface area contributed by atoms with E-state index in [-0.39, 0.29) is 17.2 Å². The maximum atomic E-state index is 11.1. The molecular weight excluding hydrogens is 262 g/mol. The zero-order chi connectivity index (χ0) is 15.3. The van der Waals surface area contributed by atoms with Gasteiger partial charge in [-0.3, -0.25) is 20.2 Å². The summed E-state index contributed by atoms with van der Waals surface area (Å²) >= 11 is 0. The average molecular weight is 281 g/mol. The Morgan fingerprint density at radius 2 is 1.90 bits per heavy atom. The molecule has 0 spiro atoms. The normalized spacial score (nSPS) is 11.9. The van der Waals surface area contributed by atoms with Gasteiger partial charge in [-0.2, -0.15) is 0 Å². The van der Waals surface area contributed by atoms with E-state index < -0.39 is 11.0 Å². The lowest BCUT2D eigenvalue weighted by Gasteiger charge is -2.24. The molecular formula is C13H19N3O4. The zero-order valence-corrected chi connectivity index (χ0v) is 11.9. The number of nitro benzene ring substituents is 1. The molecule has 1 unspecified atom stereocenters. The number of nitrogens with zero attached hydrogens (tertiary/aromatic N) is 3. The lowest BCUT2D eigenvalue weighted by Crippen LogP contribution is -2.36. The Bertz CT molecular complexity index is 504. The molecule has 0 bridgehead atoms. The van der Waals surface area contributed by atoms with Crippen LogP contribution in [0.4, 0.5) is 11.4 Å². The largest absolute Gasteiger partial charge is 0.359 e. The van der Waals surface area contributed by atoms with Gasteiger partial charge in [-0.25, -0.2) is 0 Å². The summed E-state index contributed by atoms with van der Waals surface area (Å²) in [5, 5.41) is 22.1. The van der Waals surface area contributed by atoms with Crippen molar-refractivity contribution in [3.05, 3.63) is 44.0 Å². The number of rotatable bonds is 7. The Morgan fingerprint density at radius 3 is 2.35 bits per heavy atom. The molecule has 7 heteroatoms. The van der Waals surface area contributed by atoms with Crippen LogP contribution in [0.25, 0.3) is 0 Å². The van der Waals surface area contributed by atoms with Crippen LogP contribution >= 0.6 is 0 Å². The monoisotopic (exact) mass is 281 g/mol. The van der Waals surface area contributed by atoms with E-state index in [4.69, 9.17) is 0 Å². The van der Waals surface area contributed by atoms with Crippen molar-refractivity contribution in [3.63, 3.8) is 0 Å². The summed E-state index contributed by atoms with van der Waals surface area (Å²) in [6.07, 6.45) is 0.392. The summed E-state index contributed by atoms with van der Waals surface area (Å²) in [7, 11) is 0. The van der Waals surface area contributed by atoms with Crippen molar-refractivity contribution in [2.24, 2.45) is 0 Å². The van der Waals surface area contributed by atoms with Gasteiger partial charge in [0, 0.05) is 24.0 Å². The maximum absolute atomic E-state index is 11.1. The molecule has 0 aliphatic rings. The molecule has 0 saturated heterocycles. The van der Waals surface area contributed by atoms with E-state index in [9.17, 15) is 20.2 Å². The van der Waals surface area contributed by atoms with Crippen LogP contribution in [0.3, 0.4) is 0 Å². The molecule has 1 rings (SSSR count). The van der Waals surface area contributed by atoms with E-state index in [1.165, 1.54) is 6.07 Å². The summed E-state index contributed by atoms with van der Waals surface area (Å²) in [5.41, 5.74) is 1.21. The number of hydrogen-bond donors (Lipinski definition) is 0. The predicted molar refractivity (Wildman–Crippen MR) is 76.8 cm³/mol. The van der Waals surface area contributed by atoms with Crippen LogP contribution < -0.4 is 4.90 Å². The molecule has 1 aromatic rings. The SMILES string of the molecule is CCC(CN(CC)c1ccc(C)cc1[N+](=O)[O-])[N+](=O)[O-]. The van der Waals surface area contributed by atoms with Crippen LogP contribution in [0, 0.1) is 27.2 Å². The molecule has 0 N–H and O–H groups in total. The van der Waals surface area contributed by atoms with Gasteiger partial charge >= 0.3 is 0 Å². The highest BCUT2D eigenvalue weighted by Crippen LogP contribution is 2.29. The lowest BCUT2D eigenvalue weighted by molar-refractivity contribution is -0.519. The quantitative estimate of drug-likeness (QED) is 0.566. The van der Waals surface area contributed by atoms with Crippen molar-refractivity contribution >= 4 is 11.4 Å². The predicted octanol–water partition coefficient (Wildman–Crippen LogP) is 2.78. The molecule has 1 aromatic carbocycles. The second-order valence-electron chi connectivity index (χ2n) is 4.64. The van der Waals surface area contributed by atoms with Crippen molar-refractivity contribution in [1.82, 2.24) is 0 Å². The third-order valence-electron chi connectivity index (χ3n) is 3.25. The van der Waals surface area contributed by atoms with Crippen molar-refractivity contribution in [1.29, 1.82) is 0 Å². The molecule has 110 valence electrons. The molecule has 0 aliphatic carbocycles. The highest BCUT2D eigenvalue weighted by Gasteiger charge is 2.25. The summed E-state index contributed by atoms with van der Waals surface area (Å²) < 4.78 is 0. The van der Waals surface area contributed by atoms with Crippen LogP contribution in [0.15, 0.2) is 18.2 Å². The Morgan fingerprint density at radius 1 is 1.25 bits per heavy atom. The van der Waals surface area contributed by atoms with E-state index in [2.05, 4.69) is 0 Å². The summed E-state index contributed by atoms with van der Waals surface area (Å²) in [4.78, 5) is 23.0. The second-order valence-corrected chi connectivity index (χ2v) is 4.64. The molecule has 20 heavy (non-hydrogen) atoms. The third-order valence-corrected chi connectivity index (χ3v) is 3.25. The van der Waals surface area contributed by atoms with E-state index in [0.717, 1.165) is 5.56 Å². The van der Waals surface area contributed by atoms with Crippen LogP contribution in [0.2, 0.25) is 0 Å². The van der Waals surface area contributed by atoms with E-state index in [1.54, 1.807) is 30.9 Å². The van der Waals surface area contributed by atoms with Crippen molar-refractivity contribution < 1.29 is 9.85 Å². The fourth-order valence-electron chi connectivity index (χ4n) is 2.04. The van der Waals surface area contributed by atoms with Crippen molar-refractivity contribution in [2.75, 3.05) is 18.0 Å². The van der Waals surface area contributed by atoms with Gasteiger partial charge in [-0.1, -0.05) is 13.0 Å². The molecule has 0 fully saturated rings. The summed E-state index contributed by atoms with van der Waals surface area (Å²) in [6, 6.07) is 4.20. The van der Waals surface area contributed by atoms with Gasteiger partial charge in [-0.05, 0) is 25.5 Å². The third kappa shape index (κ3) is 3.66. The first-order valence-electron chi connectivity index (χ1n) is 6.54. The molecule has 0 heterocycles. The molecule has 7 nitrogen and oxygen atoms in total. The van der Waals surface area contributed by atoms with Gasteiger partial charge < -0.3 is 4.90 Å². The molecule has 0 radical (unpaired) electrons. The molecule has 1 atom stereocenters. The highest BCUT2D eigenvalue weighted by molar-refractivity contribution is 5.64. The minimum Gasteiger partial charge on any atom is -0.359 e. The first-order chi connectivity index (χ1) is 9.40. The number of hydrogen-bond acceptors (Lipinski definition) is 5. The van der Waals surface area contributed by atoms with Gasteiger partial charge in [0.05, 0.1) is 11.5 Å². The topological polar surface area (TPSA) is 89.5 Å². The van der Waals surface area contributed by atoms with Crippen LogP contribution in [0.1, 0.15) is 25.8 Å². The molecule has 0 saturated carbocycles. The Labute approximate surface area is 117 Å². The van der Waals surface area contributed by atoms with E-state index in [1.807, 2.05) is 6.92 Å². The number of benzene rings is 1. The lowest BCUT2D eigenvalue weighted by atomic mass is 10.1. The smallest absolute Gasteiger partial charge is 0.292 e. The first kappa shape index (κ1) is 15.9. The number of nitro groups is 2. The van der Waals surface area contributed by atoms with E-state index >= 15 is 0 Å². The summed E-state index contributed by atoms with van der Waals surface area (Å²) in [5.74, 6) is 0. The number of anilines is 1. The van der Waals surface area contributed by atoms with Gasteiger partial charge in [0.25, 0.3) is 5.69 Å². The minimum atomic E-state index is -0.726. The highest BCUT2D eigenvalue weighted by atomic mass is 16.6. The fourth-order valence-corrected chi connectivity index (χ4v) is 2.04. The van der Waals surface area contributed by atoms with Crippen LogP contribution in [-0.4, -0.2) is 29.0 Å². The Balaban J connectivity index is 3.12. The standard InChI is InChI=1S/C13H19N3O4/c1-4-11(15(17)18)9-14(5-2)12-7-6-10(3)8-13(12)16(19)20/h6-8,11H,4-5,9H2,1-3H3. The van der Waals surface area contributed by atoms with Gasteiger partial charge in [0.15, 0.2) is 0 Å². The van der Waals surface area contributed by atoms with Crippen LogP contribution in [0.5, 0.6) is 0 Å². The van der Waals surface area contributed by atoms with E-state index in [0.29, 0.717) is 18.7 Å². The maximum Gasteiger partial charge on any atom is 0.292 e. The Hall–Kier alpha value is -2.18. The minimum absolute atomic E-state index is 0.00921. The molecule has 0 amide bonds. The van der Waals surface area contributed by atoms with Crippen molar-refractivity contribution in [3.8, 4) is 0 Å². The molecule has 0 aliphatic heterocycles. The molecule has 0 aromatic heterocycles. The van der Waals surface area contributed by atoms with Gasteiger partial charge in [-0.15, -0.1) is 0 Å². The fraction of sp³-hybridized carbons (Fsp3) is 0.538. The summed E-state index contributed by atoms with van der Waals surface area (Å²) in [6.45, 7) is 6.00.